The zero-order chi connectivity index (χ0) is 15.6. The quantitative estimate of drug-likeness (QED) is 0.621. The van der Waals surface area contributed by atoms with Crippen LogP contribution in [0.5, 0.6) is 11.6 Å². The minimum absolute atomic E-state index is 0.0979. The molecule has 0 amide bonds. The van der Waals surface area contributed by atoms with E-state index in [1.165, 1.54) is 19.2 Å². The van der Waals surface area contributed by atoms with Gasteiger partial charge in [-0.15, -0.1) is 0 Å². The molecule has 0 radical (unpaired) electrons. The maximum absolute atomic E-state index is 13.6. The zero-order valence-corrected chi connectivity index (χ0v) is 12.6. The molecular formula is C13H9BrF2N2O3. The molecule has 0 spiro atoms. The van der Waals surface area contributed by atoms with Gasteiger partial charge in [-0.05, 0) is 19.1 Å². The number of benzene rings is 1. The normalized spacial score (nSPS) is 10.3. The van der Waals surface area contributed by atoms with E-state index >= 15 is 0 Å². The summed E-state index contributed by atoms with van der Waals surface area (Å²) in [5.41, 5.74) is 0.413. The number of ether oxygens (including phenoxy) is 2. The van der Waals surface area contributed by atoms with Gasteiger partial charge >= 0.3 is 5.97 Å². The molecule has 0 atom stereocenters. The van der Waals surface area contributed by atoms with E-state index < -0.39 is 17.6 Å². The number of methoxy groups -OCH3 is 1. The van der Waals surface area contributed by atoms with E-state index in [0.29, 0.717) is 10.2 Å². The Hall–Kier alpha value is -2.09. The van der Waals surface area contributed by atoms with Crippen molar-refractivity contribution in [2.75, 3.05) is 7.11 Å². The number of halogens is 3. The highest BCUT2D eigenvalue weighted by Gasteiger charge is 2.16. The number of rotatable bonds is 3. The topological polar surface area (TPSA) is 61.3 Å². The van der Waals surface area contributed by atoms with Crippen molar-refractivity contribution in [3.05, 3.63) is 45.8 Å². The van der Waals surface area contributed by atoms with Crippen LogP contribution in [0.3, 0.4) is 0 Å². The molecule has 0 bridgehead atoms. The van der Waals surface area contributed by atoms with E-state index in [4.69, 9.17) is 4.74 Å². The van der Waals surface area contributed by atoms with E-state index in [0.717, 1.165) is 6.07 Å². The predicted molar refractivity (Wildman–Crippen MR) is 72.2 cm³/mol. The summed E-state index contributed by atoms with van der Waals surface area (Å²) >= 11 is 3.03. The first-order valence-corrected chi connectivity index (χ1v) is 6.46. The summed E-state index contributed by atoms with van der Waals surface area (Å²) in [6.45, 7) is 1.60. The van der Waals surface area contributed by atoms with Crippen molar-refractivity contribution in [3.8, 4) is 11.6 Å². The van der Waals surface area contributed by atoms with Gasteiger partial charge in [-0.2, -0.15) is 9.37 Å². The molecule has 110 valence electrons. The number of hydrogen-bond donors (Lipinski definition) is 0. The van der Waals surface area contributed by atoms with Crippen molar-refractivity contribution in [1.82, 2.24) is 9.97 Å². The lowest BCUT2D eigenvalue weighted by molar-refractivity contribution is 0.0585. The Morgan fingerprint density at radius 1 is 1.24 bits per heavy atom. The number of carbonyl (C=O) groups excluding carboxylic acids is 1. The molecule has 0 fully saturated rings. The second-order valence-corrected chi connectivity index (χ2v) is 4.88. The molecule has 0 aliphatic rings. The minimum Gasteiger partial charge on any atom is -0.463 e. The standard InChI is InChI=1S/C13H9BrF2N2O3/c1-6-3-10(18-12(17-6)13(19)20-2)21-9-5-7(14)4-8(15)11(9)16/h3-5H,1-2H3. The van der Waals surface area contributed by atoms with Gasteiger partial charge < -0.3 is 9.47 Å². The molecular weight excluding hydrogens is 350 g/mol. The first-order valence-electron chi connectivity index (χ1n) is 5.67. The fraction of sp³-hybridized carbons (Fsp3) is 0.154. The summed E-state index contributed by atoms with van der Waals surface area (Å²) in [6, 6.07) is 3.59. The Kier molecular flexibility index (Phi) is 4.46. The van der Waals surface area contributed by atoms with Crippen molar-refractivity contribution < 1.29 is 23.0 Å². The Morgan fingerprint density at radius 3 is 2.62 bits per heavy atom. The molecule has 21 heavy (non-hydrogen) atoms. The van der Waals surface area contributed by atoms with Crippen molar-refractivity contribution in [2.24, 2.45) is 0 Å². The Labute approximate surface area is 127 Å². The summed E-state index contributed by atoms with van der Waals surface area (Å²) in [5, 5.41) is 0. The van der Waals surface area contributed by atoms with Crippen LogP contribution in [0.4, 0.5) is 8.78 Å². The summed E-state index contributed by atoms with van der Waals surface area (Å²) < 4.78 is 36.9. The van der Waals surface area contributed by atoms with E-state index in [1.54, 1.807) is 6.92 Å². The molecule has 1 aromatic heterocycles. The zero-order valence-electron chi connectivity index (χ0n) is 11.0. The van der Waals surface area contributed by atoms with E-state index in [1.807, 2.05) is 0 Å². The summed E-state index contributed by atoms with van der Waals surface area (Å²) in [5.74, 6) is -3.68. The number of aryl methyl sites for hydroxylation is 1. The highest BCUT2D eigenvalue weighted by atomic mass is 79.9. The van der Waals surface area contributed by atoms with Crippen molar-refractivity contribution in [2.45, 2.75) is 6.92 Å². The van der Waals surface area contributed by atoms with Crippen LogP contribution in [0, 0.1) is 18.6 Å². The van der Waals surface area contributed by atoms with Gasteiger partial charge in [-0.3, -0.25) is 0 Å². The molecule has 0 saturated carbocycles. The second kappa shape index (κ2) is 6.13. The largest absolute Gasteiger partial charge is 0.463 e. The van der Waals surface area contributed by atoms with Crippen LogP contribution >= 0.6 is 15.9 Å². The molecule has 0 saturated heterocycles. The SMILES string of the molecule is COC(=O)c1nc(C)cc(Oc2cc(Br)cc(F)c2F)n1. The third-order valence-electron chi connectivity index (χ3n) is 2.37. The molecule has 8 heteroatoms. The number of aromatic nitrogens is 2. The van der Waals surface area contributed by atoms with Crippen LogP contribution < -0.4 is 4.74 Å². The minimum atomic E-state index is -1.16. The third-order valence-corrected chi connectivity index (χ3v) is 2.83. The van der Waals surface area contributed by atoms with Crippen molar-refractivity contribution >= 4 is 21.9 Å². The van der Waals surface area contributed by atoms with Crippen LogP contribution in [0.25, 0.3) is 0 Å². The molecule has 0 unspecified atom stereocenters. The summed E-state index contributed by atoms with van der Waals surface area (Å²) in [4.78, 5) is 19.0. The van der Waals surface area contributed by atoms with E-state index in [2.05, 4.69) is 30.6 Å². The van der Waals surface area contributed by atoms with Gasteiger partial charge in [0.05, 0.1) is 7.11 Å². The van der Waals surface area contributed by atoms with Crippen molar-refractivity contribution in [3.63, 3.8) is 0 Å². The van der Waals surface area contributed by atoms with Gasteiger partial charge in [-0.1, -0.05) is 15.9 Å². The van der Waals surface area contributed by atoms with Crippen LogP contribution in [0.1, 0.15) is 16.3 Å². The molecule has 1 aromatic carbocycles. The lowest BCUT2D eigenvalue weighted by atomic mass is 10.3. The van der Waals surface area contributed by atoms with Crippen LogP contribution in [-0.2, 0) is 4.74 Å². The van der Waals surface area contributed by atoms with Crippen LogP contribution in [0.2, 0.25) is 0 Å². The fourth-order valence-electron chi connectivity index (χ4n) is 1.49. The average Bonchev–Trinajstić information content (AvgIpc) is 2.42. The van der Waals surface area contributed by atoms with Crippen molar-refractivity contribution in [1.29, 1.82) is 0 Å². The lowest BCUT2D eigenvalue weighted by Gasteiger charge is -2.08. The molecule has 2 aromatic rings. The number of esters is 1. The third kappa shape index (κ3) is 3.52. The summed E-state index contributed by atoms with van der Waals surface area (Å²) in [7, 11) is 1.18. The fourth-order valence-corrected chi connectivity index (χ4v) is 1.90. The van der Waals surface area contributed by atoms with Gasteiger partial charge in [-0.25, -0.2) is 14.2 Å². The number of nitrogens with zero attached hydrogens (tertiary/aromatic N) is 2. The first-order chi connectivity index (χ1) is 9.90. The monoisotopic (exact) mass is 358 g/mol. The highest BCUT2D eigenvalue weighted by Crippen LogP contribution is 2.29. The molecule has 5 nitrogen and oxygen atoms in total. The van der Waals surface area contributed by atoms with Gasteiger partial charge in [0, 0.05) is 16.2 Å². The maximum Gasteiger partial charge on any atom is 0.376 e. The smallest absolute Gasteiger partial charge is 0.376 e. The van der Waals surface area contributed by atoms with Gasteiger partial charge in [0.2, 0.25) is 17.5 Å². The van der Waals surface area contributed by atoms with Gasteiger partial charge in [0.25, 0.3) is 0 Å². The molecule has 1 heterocycles. The maximum atomic E-state index is 13.6. The van der Waals surface area contributed by atoms with Crippen LogP contribution in [0.15, 0.2) is 22.7 Å². The highest BCUT2D eigenvalue weighted by molar-refractivity contribution is 9.10. The Morgan fingerprint density at radius 2 is 1.95 bits per heavy atom. The van der Waals surface area contributed by atoms with Gasteiger partial charge in [0.15, 0.2) is 11.6 Å². The first kappa shape index (κ1) is 15.3. The average molecular weight is 359 g/mol. The Bertz CT molecular complexity index is 710. The molecule has 0 aliphatic heterocycles. The summed E-state index contributed by atoms with van der Waals surface area (Å²) in [6.07, 6.45) is 0. The van der Waals surface area contributed by atoms with E-state index in [-0.39, 0.29) is 17.5 Å². The predicted octanol–water partition coefficient (Wildman–Crippen LogP) is 3.40. The molecule has 0 aliphatic carbocycles. The molecule has 0 N–H and O–H groups in total. The Balaban J connectivity index is 2.40. The lowest BCUT2D eigenvalue weighted by Crippen LogP contribution is -2.09. The van der Waals surface area contributed by atoms with E-state index in [9.17, 15) is 13.6 Å². The van der Waals surface area contributed by atoms with Gasteiger partial charge in [0.1, 0.15) is 0 Å². The second-order valence-electron chi connectivity index (χ2n) is 3.96. The number of hydrogen-bond acceptors (Lipinski definition) is 5. The number of carbonyl (C=O) groups is 1. The van der Waals surface area contributed by atoms with Crippen LogP contribution in [-0.4, -0.2) is 23.0 Å². The molecule has 2 rings (SSSR count).